The number of nitrogens with one attached hydrogen (secondary N) is 1. The molecule has 0 amide bonds. The zero-order valence-corrected chi connectivity index (χ0v) is 17.5. The van der Waals surface area contributed by atoms with Crippen LogP contribution in [-0.4, -0.2) is 30.8 Å². The molecule has 1 saturated carbocycles. The number of rotatable bonds is 6. The molecule has 146 valence electrons. The maximum Gasteiger partial charge on any atom is 0.295 e. The van der Waals surface area contributed by atoms with Crippen molar-refractivity contribution in [2.75, 3.05) is 11.6 Å². The van der Waals surface area contributed by atoms with Crippen LogP contribution in [0.15, 0.2) is 28.0 Å². The fourth-order valence-corrected chi connectivity index (χ4v) is 3.85. The largest absolute Gasteiger partial charge is 0.360 e. The summed E-state index contributed by atoms with van der Waals surface area (Å²) in [5.41, 5.74) is 2.38. The SMILES string of the molecule is CSc1ccc(CNc2nc3c(C)nc(Cl)nc3n(C(C)C3CC3)c2=O)nc1. The second-order valence-electron chi connectivity index (χ2n) is 7.01. The minimum atomic E-state index is -0.193. The van der Waals surface area contributed by atoms with Crippen molar-refractivity contribution in [2.45, 2.75) is 44.2 Å². The number of hydrogen-bond acceptors (Lipinski definition) is 7. The first-order valence-corrected chi connectivity index (χ1v) is 10.8. The van der Waals surface area contributed by atoms with Crippen molar-refractivity contribution in [3.05, 3.63) is 45.4 Å². The average Bonchev–Trinajstić information content (AvgIpc) is 3.52. The smallest absolute Gasteiger partial charge is 0.295 e. The number of hydrogen-bond donors (Lipinski definition) is 1. The fraction of sp³-hybridized carbons (Fsp3) is 0.421. The Kier molecular flexibility index (Phi) is 5.25. The Hall–Kier alpha value is -2.19. The number of fused-ring (bicyclic) bond motifs is 1. The van der Waals surface area contributed by atoms with E-state index in [0.29, 0.717) is 29.3 Å². The molecule has 1 atom stereocenters. The molecule has 7 nitrogen and oxygen atoms in total. The van der Waals surface area contributed by atoms with Gasteiger partial charge in [0.05, 0.1) is 17.9 Å². The van der Waals surface area contributed by atoms with Gasteiger partial charge in [0, 0.05) is 17.1 Å². The van der Waals surface area contributed by atoms with Gasteiger partial charge in [-0.25, -0.2) is 9.97 Å². The number of aromatic nitrogens is 5. The second-order valence-corrected chi connectivity index (χ2v) is 8.22. The van der Waals surface area contributed by atoms with Crippen molar-refractivity contribution in [2.24, 2.45) is 5.92 Å². The molecule has 3 heterocycles. The van der Waals surface area contributed by atoms with Crippen molar-refractivity contribution in [3.8, 4) is 0 Å². The van der Waals surface area contributed by atoms with E-state index in [0.717, 1.165) is 23.4 Å². The highest BCUT2D eigenvalue weighted by molar-refractivity contribution is 7.98. The predicted octanol–water partition coefficient (Wildman–Crippen LogP) is 3.85. The lowest BCUT2D eigenvalue weighted by Crippen LogP contribution is -2.29. The molecule has 1 N–H and O–H groups in total. The van der Waals surface area contributed by atoms with E-state index >= 15 is 0 Å². The summed E-state index contributed by atoms with van der Waals surface area (Å²) < 4.78 is 1.72. The maximum atomic E-state index is 13.2. The number of pyridine rings is 1. The van der Waals surface area contributed by atoms with Crippen LogP contribution in [0.5, 0.6) is 0 Å². The van der Waals surface area contributed by atoms with Crippen LogP contribution >= 0.6 is 23.4 Å². The predicted molar refractivity (Wildman–Crippen MR) is 112 cm³/mol. The Bertz CT molecular complexity index is 1080. The quantitative estimate of drug-likeness (QED) is 0.482. The van der Waals surface area contributed by atoms with Crippen LogP contribution in [0.2, 0.25) is 5.28 Å². The van der Waals surface area contributed by atoms with E-state index in [9.17, 15) is 4.79 Å². The van der Waals surface area contributed by atoms with Gasteiger partial charge >= 0.3 is 0 Å². The molecule has 28 heavy (non-hydrogen) atoms. The molecule has 0 spiro atoms. The van der Waals surface area contributed by atoms with E-state index in [2.05, 4.69) is 32.2 Å². The highest BCUT2D eigenvalue weighted by atomic mass is 35.5. The molecule has 0 aromatic carbocycles. The standard InChI is InChI=1S/C19H21ClN6OS/c1-10-15-17(25-19(20)23-10)26(11(2)12-4-5-12)18(27)16(24-15)22-8-13-6-7-14(28-3)9-21-13/h6-7,9,11-12H,4-5,8H2,1-3H3,(H,22,24). The molecule has 3 aromatic heterocycles. The number of nitrogens with zero attached hydrogens (tertiary/aromatic N) is 5. The molecular weight excluding hydrogens is 396 g/mol. The lowest BCUT2D eigenvalue weighted by Gasteiger charge is -2.18. The molecule has 9 heteroatoms. The van der Waals surface area contributed by atoms with Crippen LogP contribution in [0, 0.1) is 12.8 Å². The van der Waals surface area contributed by atoms with Gasteiger partial charge in [0.25, 0.3) is 5.56 Å². The molecule has 4 rings (SSSR count). The lowest BCUT2D eigenvalue weighted by molar-refractivity contribution is 0.482. The Morgan fingerprint density at radius 2 is 2.11 bits per heavy atom. The Morgan fingerprint density at radius 1 is 1.32 bits per heavy atom. The average molecular weight is 417 g/mol. The molecule has 1 fully saturated rings. The van der Waals surface area contributed by atoms with Crippen molar-refractivity contribution in [1.29, 1.82) is 0 Å². The summed E-state index contributed by atoms with van der Waals surface area (Å²) in [7, 11) is 0. The summed E-state index contributed by atoms with van der Waals surface area (Å²) in [6.45, 7) is 4.29. The number of aryl methyl sites for hydroxylation is 1. The zero-order chi connectivity index (χ0) is 19.8. The van der Waals surface area contributed by atoms with E-state index in [1.807, 2.05) is 31.5 Å². The number of anilines is 1. The highest BCUT2D eigenvalue weighted by Crippen LogP contribution is 2.39. The monoisotopic (exact) mass is 416 g/mol. The van der Waals surface area contributed by atoms with Crippen LogP contribution in [0.3, 0.4) is 0 Å². The van der Waals surface area contributed by atoms with E-state index in [-0.39, 0.29) is 22.7 Å². The van der Waals surface area contributed by atoms with Gasteiger partial charge < -0.3 is 5.32 Å². The summed E-state index contributed by atoms with van der Waals surface area (Å²) in [4.78, 5) is 31.8. The molecular formula is C19H21ClN6OS. The Balaban J connectivity index is 1.75. The number of thioether (sulfide) groups is 1. The van der Waals surface area contributed by atoms with Gasteiger partial charge in [0.15, 0.2) is 11.5 Å². The third-order valence-electron chi connectivity index (χ3n) is 5.07. The van der Waals surface area contributed by atoms with Crippen molar-refractivity contribution in [3.63, 3.8) is 0 Å². The van der Waals surface area contributed by atoms with Crippen molar-refractivity contribution in [1.82, 2.24) is 24.5 Å². The molecule has 0 bridgehead atoms. The molecule has 1 unspecified atom stereocenters. The summed E-state index contributed by atoms with van der Waals surface area (Å²) in [6.07, 6.45) is 6.06. The molecule has 0 aliphatic heterocycles. The van der Waals surface area contributed by atoms with Crippen LogP contribution in [-0.2, 0) is 6.54 Å². The van der Waals surface area contributed by atoms with E-state index in [4.69, 9.17) is 11.6 Å². The summed E-state index contributed by atoms with van der Waals surface area (Å²) in [5.74, 6) is 0.760. The van der Waals surface area contributed by atoms with Gasteiger partial charge in [-0.15, -0.1) is 11.8 Å². The van der Waals surface area contributed by atoms with E-state index in [1.165, 1.54) is 0 Å². The molecule has 0 radical (unpaired) electrons. The molecule has 3 aromatic rings. The van der Waals surface area contributed by atoms with Gasteiger partial charge in [-0.05, 0) is 62.6 Å². The van der Waals surface area contributed by atoms with Crippen LogP contribution in [0.4, 0.5) is 5.82 Å². The van der Waals surface area contributed by atoms with Gasteiger partial charge in [-0.1, -0.05) is 0 Å². The van der Waals surface area contributed by atoms with Crippen molar-refractivity contribution < 1.29 is 0 Å². The van der Waals surface area contributed by atoms with Crippen LogP contribution < -0.4 is 10.9 Å². The zero-order valence-electron chi connectivity index (χ0n) is 15.9. The van der Waals surface area contributed by atoms with Crippen LogP contribution in [0.25, 0.3) is 11.2 Å². The third kappa shape index (κ3) is 3.71. The van der Waals surface area contributed by atoms with Crippen molar-refractivity contribution >= 4 is 40.3 Å². The summed E-state index contributed by atoms with van der Waals surface area (Å²) in [6, 6.07) is 3.98. The topological polar surface area (TPSA) is 85.6 Å². The number of halogens is 1. The molecule has 1 aliphatic carbocycles. The fourth-order valence-electron chi connectivity index (χ4n) is 3.28. The van der Waals surface area contributed by atoms with Gasteiger partial charge in [-0.2, -0.15) is 4.98 Å². The first kappa shape index (κ1) is 19.1. The Labute approximate surface area is 172 Å². The molecule has 1 aliphatic rings. The Morgan fingerprint density at radius 3 is 2.75 bits per heavy atom. The summed E-state index contributed by atoms with van der Waals surface area (Å²) in [5, 5.41) is 3.28. The van der Waals surface area contributed by atoms with Gasteiger partial charge in [0.2, 0.25) is 5.28 Å². The minimum absolute atomic E-state index is 0.0305. The summed E-state index contributed by atoms with van der Waals surface area (Å²) >= 11 is 7.70. The van der Waals surface area contributed by atoms with Gasteiger partial charge in [0.1, 0.15) is 5.52 Å². The first-order valence-electron chi connectivity index (χ1n) is 9.17. The first-order chi connectivity index (χ1) is 13.5. The van der Waals surface area contributed by atoms with Crippen LogP contribution in [0.1, 0.15) is 37.2 Å². The lowest BCUT2D eigenvalue weighted by atomic mass is 10.2. The highest BCUT2D eigenvalue weighted by Gasteiger charge is 2.32. The minimum Gasteiger partial charge on any atom is -0.360 e. The van der Waals surface area contributed by atoms with E-state index in [1.54, 1.807) is 16.3 Å². The van der Waals surface area contributed by atoms with E-state index < -0.39 is 0 Å². The molecule has 0 saturated heterocycles. The normalized spacial score (nSPS) is 15.0. The third-order valence-corrected chi connectivity index (χ3v) is 5.95. The maximum absolute atomic E-state index is 13.2. The van der Waals surface area contributed by atoms with Gasteiger partial charge in [-0.3, -0.25) is 14.3 Å². The second kappa shape index (κ2) is 7.67.